The van der Waals surface area contributed by atoms with Gasteiger partial charge < -0.3 is 10.2 Å². The number of hydrazone groups is 1. The number of hydrogen-bond donors (Lipinski definition) is 2. The van der Waals surface area contributed by atoms with Gasteiger partial charge in [0, 0.05) is 5.56 Å². The summed E-state index contributed by atoms with van der Waals surface area (Å²) in [6.45, 7) is 1.53. The number of hydrogen-bond acceptors (Lipinski definition) is 6. The number of anilines is 1. The van der Waals surface area contributed by atoms with Crippen LogP contribution in [-0.2, 0) is 11.0 Å². The van der Waals surface area contributed by atoms with Gasteiger partial charge in [-0.3, -0.25) is 4.79 Å². The van der Waals surface area contributed by atoms with Gasteiger partial charge in [0.05, 0.1) is 22.5 Å². The Morgan fingerprint density at radius 1 is 1.06 bits per heavy atom. The van der Waals surface area contributed by atoms with Crippen molar-refractivity contribution in [2.75, 3.05) is 5.01 Å². The number of rotatable bonds is 5. The number of carbonyl (C=O) groups excluding carboxylic acids is 1. The highest BCUT2D eigenvalue weighted by Crippen LogP contribution is 2.38. The molecule has 11 heteroatoms. The van der Waals surface area contributed by atoms with Gasteiger partial charge in [-0.1, -0.05) is 24.3 Å². The Kier molecular flexibility index (Phi) is 6.08. The molecular formula is C24H17F3N4O4. The van der Waals surface area contributed by atoms with Gasteiger partial charge in [-0.05, 0) is 55.0 Å². The lowest BCUT2D eigenvalue weighted by Crippen LogP contribution is -2.29. The number of carboxylic acid groups (broad SMARTS) is 1. The summed E-state index contributed by atoms with van der Waals surface area (Å²) in [4.78, 5) is 24.1. The van der Waals surface area contributed by atoms with Crippen LogP contribution in [0.15, 0.2) is 82.1 Å². The number of aromatic hydroxyl groups is 1. The lowest BCUT2D eigenvalue weighted by atomic mass is 10.0. The van der Waals surface area contributed by atoms with Crippen LogP contribution >= 0.6 is 0 Å². The van der Waals surface area contributed by atoms with Gasteiger partial charge in [-0.25, -0.2) is 4.79 Å². The Balaban J connectivity index is 1.57. The highest BCUT2D eigenvalue weighted by Gasteiger charge is 2.36. The Hall–Kier alpha value is -4.54. The van der Waals surface area contributed by atoms with Crippen LogP contribution in [0.25, 0.3) is 11.1 Å². The van der Waals surface area contributed by atoms with E-state index in [0.29, 0.717) is 11.1 Å². The molecule has 1 amide bonds. The lowest BCUT2D eigenvalue weighted by Gasteiger charge is -2.14. The van der Waals surface area contributed by atoms with Crippen LogP contribution in [-0.4, -0.2) is 33.8 Å². The van der Waals surface area contributed by atoms with Gasteiger partial charge in [0.25, 0.3) is 5.91 Å². The predicted octanol–water partition coefficient (Wildman–Crippen LogP) is 5.65. The van der Waals surface area contributed by atoms with Gasteiger partial charge in [0.15, 0.2) is 11.8 Å². The average molecular weight is 482 g/mol. The summed E-state index contributed by atoms with van der Waals surface area (Å²) in [5, 5.41) is 32.9. The minimum absolute atomic E-state index is 0.0387. The second-order valence-electron chi connectivity index (χ2n) is 7.61. The number of benzene rings is 3. The zero-order valence-electron chi connectivity index (χ0n) is 18.1. The Morgan fingerprint density at radius 3 is 2.40 bits per heavy atom. The molecule has 0 spiro atoms. The highest BCUT2D eigenvalue weighted by atomic mass is 19.4. The molecule has 1 atom stereocenters. The minimum atomic E-state index is -4.50. The molecule has 3 aromatic rings. The highest BCUT2D eigenvalue weighted by molar-refractivity contribution is 6.18. The summed E-state index contributed by atoms with van der Waals surface area (Å²) in [6.07, 6.45) is -4.50. The second-order valence-corrected chi connectivity index (χ2v) is 7.61. The third-order valence-corrected chi connectivity index (χ3v) is 5.25. The average Bonchev–Trinajstić information content (AvgIpc) is 3.11. The van der Waals surface area contributed by atoms with Gasteiger partial charge >= 0.3 is 12.1 Å². The summed E-state index contributed by atoms with van der Waals surface area (Å²) in [5.74, 6) is -2.00. The molecule has 8 nitrogen and oxygen atoms in total. The molecule has 4 rings (SSSR count). The van der Waals surface area contributed by atoms with E-state index in [2.05, 4.69) is 15.3 Å². The number of phenolic OH excluding ortho intramolecular Hbond substituents is 1. The number of azo groups is 1. The van der Waals surface area contributed by atoms with Gasteiger partial charge in [0.1, 0.15) is 5.69 Å². The molecule has 0 saturated carbocycles. The molecule has 0 saturated heterocycles. The quantitative estimate of drug-likeness (QED) is 0.457. The number of aromatic carboxylic acids is 1. The topological polar surface area (TPSA) is 115 Å². The number of alkyl halides is 3. The summed E-state index contributed by atoms with van der Waals surface area (Å²) in [7, 11) is 0. The zero-order chi connectivity index (χ0) is 25.3. The molecule has 1 heterocycles. The smallest absolute Gasteiger partial charge is 0.416 e. The molecular weight excluding hydrogens is 465 g/mol. The normalized spacial score (nSPS) is 16.1. The molecule has 2 N–H and O–H groups in total. The van der Waals surface area contributed by atoms with E-state index in [1.165, 1.54) is 25.1 Å². The number of carbonyl (C=O) groups is 2. The Bertz CT molecular complexity index is 1370. The molecule has 3 aromatic carbocycles. The fourth-order valence-corrected chi connectivity index (χ4v) is 3.45. The standard InChI is InChI=1S/C24H17F3N4O4/c1-13-20(22(33)31(30-13)17-10-8-16(9-11-17)24(25,26)27)29-28-19-7-3-6-18(21(19)32)14-4-2-5-15(12-14)23(34)35/h2-12,20,32H,1H3,(H,34,35). The molecule has 0 aromatic heterocycles. The van der Waals surface area contributed by atoms with E-state index < -0.39 is 29.7 Å². The van der Waals surface area contributed by atoms with Crippen molar-refractivity contribution >= 4 is 29.0 Å². The van der Waals surface area contributed by atoms with E-state index in [4.69, 9.17) is 0 Å². The van der Waals surface area contributed by atoms with E-state index in [1.807, 2.05) is 0 Å². The van der Waals surface area contributed by atoms with Crippen LogP contribution < -0.4 is 5.01 Å². The maximum absolute atomic E-state index is 12.8. The predicted molar refractivity (Wildman–Crippen MR) is 121 cm³/mol. The maximum atomic E-state index is 12.8. The van der Waals surface area contributed by atoms with E-state index in [0.717, 1.165) is 29.3 Å². The molecule has 0 fully saturated rings. The van der Waals surface area contributed by atoms with Crippen molar-refractivity contribution in [3.05, 3.63) is 77.9 Å². The molecule has 0 bridgehead atoms. The van der Waals surface area contributed by atoms with Crippen molar-refractivity contribution in [2.24, 2.45) is 15.3 Å². The summed E-state index contributed by atoms with van der Waals surface area (Å²) in [6, 6.07) is 13.5. The van der Waals surface area contributed by atoms with Crippen molar-refractivity contribution in [3.8, 4) is 16.9 Å². The van der Waals surface area contributed by atoms with Crippen molar-refractivity contribution in [1.82, 2.24) is 0 Å². The Labute approximate surface area is 196 Å². The lowest BCUT2D eigenvalue weighted by molar-refractivity contribution is -0.137. The van der Waals surface area contributed by atoms with Gasteiger partial charge in [-0.15, -0.1) is 0 Å². The van der Waals surface area contributed by atoms with Crippen molar-refractivity contribution in [3.63, 3.8) is 0 Å². The van der Waals surface area contributed by atoms with Crippen LogP contribution in [0.2, 0.25) is 0 Å². The van der Waals surface area contributed by atoms with E-state index in [9.17, 15) is 33.0 Å². The largest absolute Gasteiger partial charge is 0.505 e. The first-order valence-electron chi connectivity index (χ1n) is 10.2. The molecule has 1 aliphatic heterocycles. The molecule has 0 aliphatic carbocycles. The van der Waals surface area contributed by atoms with Crippen LogP contribution in [0.4, 0.5) is 24.5 Å². The molecule has 1 unspecified atom stereocenters. The fourth-order valence-electron chi connectivity index (χ4n) is 3.45. The van der Waals surface area contributed by atoms with E-state index in [1.54, 1.807) is 24.3 Å². The number of halogens is 3. The maximum Gasteiger partial charge on any atom is 0.416 e. The van der Waals surface area contributed by atoms with E-state index >= 15 is 0 Å². The molecule has 35 heavy (non-hydrogen) atoms. The second kappa shape index (κ2) is 9.01. The fraction of sp³-hybridized carbons (Fsp3) is 0.125. The number of nitrogens with zero attached hydrogens (tertiary/aromatic N) is 4. The van der Waals surface area contributed by atoms with Gasteiger partial charge in [-0.2, -0.15) is 33.5 Å². The first-order chi connectivity index (χ1) is 16.6. The number of para-hydroxylation sites is 1. The summed E-state index contributed by atoms with van der Waals surface area (Å²) < 4.78 is 38.4. The van der Waals surface area contributed by atoms with Crippen molar-refractivity contribution in [1.29, 1.82) is 0 Å². The zero-order valence-corrected chi connectivity index (χ0v) is 18.1. The SMILES string of the molecule is CC1=NN(c2ccc(C(F)(F)F)cc2)C(=O)C1N=Nc1cccc(-c2cccc(C(=O)O)c2)c1O. The number of phenols is 1. The molecule has 1 aliphatic rings. The third-order valence-electron chi connectivity index (χ3n) is 5.25. The first kappa shape index (κ1) is 23.6. The van der Waals surface area contributed by atoms with Crippen molar-refractivity contribution < 1.29 is 33.0 Å². The molecule has 0 radical (unpaired) electrons. The van der Waals surface area contributed by atoms with Crippen LogP contribution in [0, 0.1) is 0 Å². The first-order valence-corrected chi connectivity index (χ1v) is 10.2. The monoisotopic (exact) mass is 482 g/mol. The number of amides is 1. The minimum Gasteiger partial charge on any atom is -0.505 e. The number of carboxylic acids is 1. The Morgan fingerprint density at radius 2 is 1.74 bits per heavy atom. The van der Waals surface area contributed by atoms with E-state index in [-0.39, 0.29) is 28.4 Å². The summed E-state index contributed by atoms with van der Waals surface area (Å²) in [5.41, 5.74) is 0.403. The van der Waals surface area contributed by atoms with Crippen LogP contribution in [0.3, 0.4) is 0 Å². The van der Waals surface area contributed by atoms with Crippen LogP contribution in [0.1, 0.15) is 22.8 Å². The van der Waals surface area contributed by atoms with Crippen LogP contribution in [0.5, 0.6) is 5.75 Å². The third kappa shape index (κ3) is 4.74. The molecule has 178 valence electrons. The van der Waals surface area contributed by atoms with Gasteiger partial charge in [0.2, 0.25) is 0 Å². The van der Waals surface area contributed by atoms with Crippen molar-refractivity contribution in [2.45, 2.75) is 19.1 Å². The summed E-state index contributed by atoms with van der Waals surface area (Å²) >= 11 is 0.